The van der Waals surface area contributed by atoms with Crippen LogP contribution in [0.3, 0.4) is 0 Å². The molecule has 0 bridgehead atoms. The summed E-state index contributed by atoms with van der Waals surface area (Å²) in [5, 5.41) is 6.73. The van der Waals surface area contributed by atoms with E-state index in [1.54, 1.807) is 0 Å². The Balaban J connectivity index is 3.06. The van der Waals surface area contributed by atoms with Gasteiger partial charge in [0.2, 0.25) is 0 Å². The molecule has 0 aromatic rings. The third-order valence-corrected chi connectivity index (χ3v) is 3.31. The van der Waals surface area contributed by atoms with E-state index in [1.807, 2.05) is 0 Å². The summed E-state index contributed by atoms with van der Waals surface area (Å²) < 4.78 is 0. The first kappa shape index (κ1) is 19.4. The monoisotopic (exact) mass is 280 g/mol. The first-order chi connectivity index (χ1) is 9.91. The molecule has 20 heavy (non-hydrogen) atoms. The van der Waals surface area contributed by atoms with E-state index >= 15 is 0 Å². The van der Waals surface area contributed by atoms with Crippen molar-refractivity contribution in [1.29, 1.82) is 0 Å². The van der Waals surface area contributed by atoms with Gasteiger partial charge in [-0.15, -0.1) is 0 Å². The standard InChI is InChI=1S/C18H36N2/c1-3-5-6-7-8-9-10-11-12-13-17-20-18-15-14-16-19-4-2/h7-8,14-15,19-20H,3-6,9-13,16-18H2,1-2H3/b8-7-,15-14-. The van der Waals surface area contributed by atoms with Gasteiger partial charge < -0.3 is 10.6 Å². The van der Waals surface area contributed by atoms with Crippen LogP contribution in [0, 0.1) is 0 Å². The van der Waals surface area contributed by atoms with Gasteiger partial charge in [0.15, 0.2) is 0 Å². The molecule has 0 aromatic carbocycles. The van der Waals surface area contributed by atoms with Crippen LogP contribution in [-0.2, 0) is 0 Å². The highest BCUT2D eigenvalue weighted by Gasteiger charge is 1.89. The van der Waals surface area contributed by atoms with Crippen LogP contribution in [0.25, 0.3) is 0 Å². The van der Waals surface area contributed by atoms with Crippen molar-refractivity contribution < 1.29 is 0 Å². The Kier molecular flexibility index (Phi) is 17.8. The summed E-state index contributed by atoms with van der Waals surface area (Å²) in [5.74, 6) is 0. The SMILES string of the molecule is CCCC/C=C\CCCCCCNC/C=C\CNCC. The second kappa shape index (κ2) is 18.4. The smallest absolute Gasteiger partial charge is 0.0135 e. The molecule has 0 aromatic heterocycles. The fourth-order valence-electron chi connectivity index (χ4n) is 2.00. The van der Waals surface area contributed by atoms with E-state index in [1.165, 1.54) is 51.4 Å². The lowest BCUT2D eigenvalue weighted by Gasteiger charge is -2.01. The molecule has 0 fully saturated rings. The lowest BCUT2D eigenvalue weighted by Crippen LogP contribution is -2.16. The molecule has 2 nitrogen and oxygen atoms in total. The fraction of sp³-hybridized carbons (Fsp3) is 0.778. The lowest BCUT2D eigenvalue weighted by atomic mass is 10.1. The predicted molar refractivity (Wildman–Crippen MR) is 92.3 cm³/mol. The van der Waals surface area contributed by atoms with E-state index in [9.17, 15) is 0 Å². The van der Waals surface area contributed by atoms with Crippen molar-refractivity contribution >= 4 is 0 Å². The predicted octanol–water partition coefficient (Wildman–Crippen LogP) is 4.44. The average molecular weight is 280 g/mol. The maximum Gasteiger partial charge on any atom is 0.0135 e. The molecule has 2 heteroatoms. The van der Waals surface area contributed by atoms with E-state index in [2.05, 4.69) is 48.8 Å². The van der Waals surface area contributed by atoms with Gasteiger partial charge in [-0.1, -0.05) is 63.8 Å². The zero-order valence-corrected chi connectivity index (χ0v) is 13.8. The van der Waals surface area contributed by atoms with Gasteiger partial charge >= 0.3 is 0 Å². The Morgan fingerprint density at radius 2 is 1.30 bits per heavy atom. The molecule has 0 unspecified atom stereocenters. The highest BCUT2D eigenvalue weighted by Crippen LogP contribution is 2.04. The lowest BCUT2D eigenvalue weighted by molar-refractivity contribution is 0.608. The topological polar surface area (TPSA) is 24.1 Å². The Bertz CT molecular complexity index is 197. The molecule has 0 aliphatic heterocycles. The van der Waals surface area contributed by atoms with Crippen molar-refractivity contribution in [3.63, 3.8) is 0 Å². The quantitative estimate of drug-likeness (QED) is 0.342. The highest BCUT2D eigenvalue weighted by atomic mass is 14.8. The minimum Gasteiger partial charge on any atom is -0.314 e. The number of likely N-dealkylation sites (N-methyl/N-ethyl adjacent to an activating group) is 1. The largest absolute Gasteiger partial charge is 0.314 e. The first-order valence-electron chi connectivity index (χ1n) is 8.63. The van der Waals surface area contributed by atoms with Crippen LogP contribution in [0.4, 0.5) is 0 Å². The molecule has 0 aliphatic carbocycles. The maximum atomic E-state index is 3.46. The van der Waals surface area contributed by atoms with Gasteiger partial charge in [-0.25, -0.2) is 0 Å². The third-order valence-electron chi connectivity index (χ3n) is 3.31. The van der Waals surface area contributed by atoms with Crippen molar-refractivity contribution in [2.24, 2.45) is 0 Å². The minimum absolute atomic E-state index is 0.990. The minimum atomic E-state index is 0.990. The van der Waals surface area contributed by atoms with Crippen molar-refractivity contribution in [2.45, 2.75) is 65.2 Å². The molecule has 0 saturated carbocycles. The third kappa shape index (κ3) is 17.4. The molecular formula is C18H36N2. The number of nitrogens with one attached hydrogen (secondary N) is 2. The molecule has 0 saturated heterocycles. The van der Waals surface area contributed by atoms with Gasteiger partial charge in [-0.3, -0.25) is 0 Å². The summed E-state index contributed by atoms with van der Waals surface area (Å²) in [6.07, 6.45) is 19.7. The van der Waals surface area contributed by atoms with Crippen LogP contribution in [0.1, 0.15) is 65.2 Å². The van der Waals surface area contributed by atoms with Crippen LogP contribution in [0.2, 0.25) is 0 Å². The molecule has 0 atom stereocenters. The van der Waals surface area contributed by atoms with Gasteiger partial charge in [0, 0.05) is 13.1 Å². The summed E-state index contributed by atoms with van der Waals surface area (Å²) in [7, 11) is 0. The molecule has 0 spiro atoms. The molecule has 118 valence electrons. The summed E-state index contributed by atoms with van der Waals surface area (Å²) in [6, 6.07) is 0. The average Bonchev–Trinajstić information content (AvgIpc) is 2.47. The number of unbranched alkanes of at least 4 members (excludes halogenated alkanes) is 6. The fourth-order valence-corrected chi connectivity index (χ4v) is 2.00. The number of allylic oxidation sites excluding steroid dienone is 2. The van der Waals surface area contributed by atoms with Crippen LogP contribution in [0.15, 0.2) is 24.3 Å². The second-order valence-corrected chi connectivity index (χ2v) is 5.30. The van der Waals surface area contributed by atoms with Gasteiger partial charge in [0.25, 0.3) is 0 Å². The molecule has 2 N–H and O–H groups in total. The zero-order valence-electron chi connectivity index (χ0n) is 13.8. The summed E-state index contributed by atoms with van der Waals surface area (Å²) in [6.45, 7) is 8.58. The zero-order chi connectivity index (χ0) is 14.7. The summed E-state index contributed by atoms with van der Waals surface area (Å²) in [5.41, 5.74) is 0. The van der Waals surface area contributed by atoms with Crippen molar-refractivity contribution in [3.05, 3.63) is 24.3 Å². The molecule has 0 heterocycles. The van der Waals surface area contributed by atoms with Crippen molar-refractivity contribution in [3.8, 4) is 0 Å². The molecular weight excluding hydrogens is 244 g/mol. The molecule has 0 amide bonds. The van der Waals surface area contributed by atoms with Crippen LogP contribution < -0.4 is 10.6 Å². The maximum absolute atomic E-state index is 3.46. The second-order valence-electron chi connectivity index (χ2n) is 5.30. The van der Waals surface area contributed by atoms with Gasteiger partial charge in [-0.2, -0.15) is 0 Å². The summed E-state index contributed by atoms with van der Waals surface area (Å²) in [4.78, 5) is 0. The Morgan fingerprint density at radius 3 is 2.00 bits per heavy atom. The van der Waals surface area contributed by atoms with Gasteiger partial charge in [0.05, 0.1) is 0 Å². The van der Waals surface area contributed by atoms with Gasteiger partial charge in [0.1, 0.15) is 0 Å². The Morgan fingerprint density at radius 1 is 0.650 bits per heavy atom. The van der Waals surface area contributed by atoms with Gasteiger partial charge in [-0.05, 0) is 38.8 Å². The van der Waals surface area contributed by atoms with Crippen LogP contribution in [-0.4, -0.2) is 26.2 Å². The highest BCUT2D eigenvalue weighted by molar-refractivity contribution is 4.85. The van der Waals surface area contributed by atoms with E-state index in [0.29, 0.717) is 0 Å². The Labute approximate surface area is 127 Å². The normalized spacial score (nSPS) is 11.9. The van der Waals surface area contributed by atoms with E-state index in [-0.39, 0.29) is 0 Å². The molecule has 0 aliphatic rings. The Hall–Kier alpha value is -0.600. The molecule has 0 radical (unpaired) electrons. The number of rotatable bonds is 15. The first-order valence-corrected chi connectivity index (χ1v) is 8.63. The number of hydrogen-bond acceptors (Lipinski definition) is 2. The van der Waals surface area contributed by atoms with E-state index in [4.69, 9.17) is 0 Å². The molecule has 0 rings (SSSR count). The summed E-state index contributed by atoms with van der Waals surface area (Å²) >= 11 is 0. The van der Waals surface area contributed by atoms with Crippen molar-refractivity contribution in [1.82, 2.24) is 10.6 Å². The van der Waals surface area contributed by atoms with Crippen LogP contribution >= 0.6 is 0 Å². The van der Waals surface area contributed by atoms with E-state index in [0.717, 1.165) is 26.2 Å². The number of hydrogen-bond donors (Lipinski definition) is 2. The van der Waals surface area contributed by atoms with Crippen molar-refractivity contribution in [2.75, 3.05) is 26.2 Å². The van der Waals surface area contributed by atoms with Crippen LogP contribution in [0.5, 0.6) is 0 Å². The van der Waals surface area contributed by atoms with E-state index < -0.39 is 0 Å².